The van der Waals surface area contributed by atoms with Crippen molar-refractivity contribution in [2.24, 2.45) is 11.7 Å². The van der Waals surface area contributed by atoms with Crippen LogP contribution in [0.3, 0.4) is 0 Å². The molecule has 16 heavy (non-hydrogen) atoms. The smallest absolute Gasteiger partial charge is 0.137 e. The van der Waals surface area contributed by atoms with E-state index in [1.54, 1.807) is 6.20 Å². The Hall–Kier alpha value is -1.09. The molecule has 0 aromatic carbocycles. The Morgan fingerprint density at radius 2 is 2.31 bits per heavy atom. The fourth-order valence-corrected chi connectivity index (χ4v) is 1.53. The Kier molecular flexibility index (Phi) is 3.78. The topological polar surface area (TPSA) is 48.1 Å². The number of aromatic nitrogens is 1. The summed E-state index contributed by atoms with van der Waals surface area (Å²) in [6, 6.07) is 4.22. The molecule has 1 saturated carbocycles. The maximum absolute atomic E-state index is 5.88. The molecule has 1 aromatic heterocycles. The molecule has 3 heteroatoms. The molecular weight excluding hydrogens is 200 g/mol. The predicted molar refractivity (Wildman–Crippen MR) is 64.4 cm³/mol. The van der Waals surface area contributed by atoms with Crippen LogP contribution in [0.15, 0.2) is 18.3 Å². The molecule has 0 amide bonds. The van der Waals surface area contributed by atoms with Crippen LogP contribution in [0.5, 0.6) is 5.75 Å². The Labute approximate surface area is 97.0 Å². The lowest BCUT2D eigenvalue weighted by atomic mass is 10.1. The SMILES string of the molecule is CCC(N)Cc1ccc(OCC2CC2)cn1. The van der Waals surface area contributed by atoms with Crippen molar-refractivity contribution in [1.82, 2.24) is 4.98 Å². The normalized spacial score (nSPS) is 17.1. The van der Waals surface area contributed by atoms with Crippen molar-refractivity contribution in [3.63, 3.8) is 0 Å². The molecule has 0 saturated heterocycles. The van der Waals surface area contributed by atoms with Crippen molar-refractivity contribution in [1.29, 1.82) is 0 Å². The van der Waals surface area contributed by atoms with Gasteiger partial charge in [0.2, 0.25) is 0 Å². The van der Waals surface area contributed by atoms with Crippen molar-refractivity contribution in [2.45, 2.75) is 38.6 Å². The van der Waals surface area contributed by atoms with Gasteiger partial charge in [-0.2, -0.15) is 0 Å². The summed E-state index contributed by atoms with van der Waals surface area (Å²) in [7, 11) is 0. The van der Waals surface area contributed by atoms with Gasteiger partial charge in [0, 0.05) is 18.2 Å². The van der Waals surface area contributed by atoms with Gasteiger partial charge in [0.05, 0.1) is 12.8 Å². The van der Waals surface area contributed by atoms with Crippen molar-refractivity contribution in [3.8, 4) is 5.75 Å². The Morgan fingerprint density at radius 1 is 1.50 bits per heavy atom. The first-order valence-electron chi connectivity index (χ1n) is 6.11. The van der Waals surface area contributed by atoms with Gasteiger partial charge in [-0.15, -0.1) is 0 Å². The second-order valence-electron chi connectivity index (χ2n) is 4.61. The molecule has 1 heterocycles. The van der Waals surface area contributed by atoms with Crippen LogP contribution in [0.4, 0.5) is 0 Å². The number of pyridine rings is 1. The van der Waals surface area contributed by atoms with E-state index < -0.39 is 0 Å². The minimum Gasteiger partial charge on any atom is -0.492 e. The van der Waals surface area contributed by atoms with E-state index in [1.807, 2.05) is 12.1 Å². The van der Waals surface area contributed by atoms with Crippen LogP contribution >= 0.6 is 0 Å². The van der Waals surface area contributed by atoms with Gasteiger partial charge in [-0.05, 0) is 37.3 Å². The molecule has 0 bridgehead atoms. The summed E-state index contributed by atoms with van der Waals surface area (Å²) in [6.45, 7) is 2.94. The lowest BCUT2D eigenvalue weighted by Crippen LogP contribution is -2.21. The summed E-state index contributed by atoms with van der Waals surface area (Å²) >= 11 is 0. The molecule has 0 aliphatic heterocycles. The molecule has 3 nitrogen and oxygen atoms in total. The lowest BCUT2D eigenvalue weighted by molar-refractivity contribution is 0.298. The van der Waals surface area contributed by atoms with Gasteiger partial charge in [0.25, 0.3) is 0 Å². The summed E-state index contributed by atoms with van der Waals surface area (Å²) in [4.78, 5) is 4.36. The second-order valence-corrected chi connectivity index (χ2v) is 4.61. The van der Waals surface area contributed by atoms with Gasteiger partial charge in [-0.25, -0.2) is 0 Å². The van der Waals surface area contributed by atoms with Gasteiger partial charge in [0.1, 0.15) is 5.75 Å². The van der Waals surface area contributed by atoms with E-state index in [2.05, 4.69) is 11.9 Å². The van der Waals surface area contributed by atoms with Gasteiger partial charge < -0.3 is 10.5 Å². The Morgan fingerprint density at radius 3 is 2.88 bits per heavy atom. The predicted octanol–water partition coefficient (Wildman–Crippen LogP) is 2.15. The van der Waals surface area contributed by atoms with E-state index in [0.29, 0.717) is 0 Å². The van der Waals surface area contributed by atoms with E-state index >= 15 is 0 Å². The van der Waals surface area contributed by atoms with Crippen LogP contribution in [-0.4, -0.2) is 17.6 Å². The summed E-state index contributed by atoms with van der Waals surface area (Å²) in [5, 5.41) is 0. The average Bonchev–Trinajstić information content (AvgIpc) is 3.12. The highest BCUT2D eigenvalue weighted by Gasteiger charge is 2.21. The zero-order valence-corrected chi connectivity index (χ0v) is 9.86. The highest BCUT2D eigenvalue weighted by Crippen LogP contribution is 2.29. The standard InChI is InChI=1S/C13H20N2O/c1-2-11(14)7-12-5-6-13(8-15-12)16-9-10-3-4-10/h5-6,8,10-11H,2-4,7,9,14H2,1H3. The number of nitrogens with zero attached hydrogens (tertiary/aromatic N) is 1. The minimum atomic E-state index is 0.214. The van der Waals surface area contributed by atoms with E-state index in [1.165, 1.54) is 12.8 Å². The van der Waals surface area contributed by atoms with Crippen LogP contribution < -0.4 is 10.5 Å². The zero-order valence-electron chi connectivity index (χ0n) is 9.86. The van der Waals surface area contributed by atoms with E-state index in [9.17, 15) is 0 Å². The summed E-state index contributed by atoms with van der Waals surface area (Å²) in [5.74, 6) is 1.66. The van der Waals surface area contributed by atoms with Crippen LogP contribution in [0, 0.1) is 5.92 Å². The molecule has 1 aliphatic carbocycles. The second kappa shape index (κ2) is 5.30. The van der Waals surface area contributed by atoms with Crippen LogP contribution in [0.25, 0.3) is 0 Å². The largest absolute Gasteiger partial charge is 0.492 e. The molecule has 1 fully saturated rings. The third kappa shape index (κ3) is 3.49. The first-order chi connectivity index (χ1) is 7.78. The third-order valence-corrected chi connectivity index (χ3v) is 2.98. The maximum atomic E-state index is 5.88. The van der Waals surface area contributed by atoms with Gasteiger partial charge in [0.15, 0.2) is 0 Å². The molecular formula is C13H20N2O. The highest BCUT2D eigenvalue weighted by atomic mass is 16.5. The van der Waals surface area contributed by atoms with Gasteiger partial charge in [-0.3, -0.25) is 4.98 Å². The van der Waals surface area contributed by atoms with Crippen LogP contribution in [0.2, 0.25) is 0 Å². The zero-order chi connectivity index (χ0) is 11.4. The van der Waals surface area contributed by atoms with Crippen LogP contribution in [0.1, 0.15) is 31.9 Å². The maximum Gasteiger partial charge on any atom is 0.137 e. The van der Waals surface area contributed by atoms with E-state index in [0.717, 1.165) is 36.8 Å². The summed E-state index contributed by atoms with van der Waals surface area (Å²) < 4.78 is 5.62. The molecule has 2 N–H and O–H groups in total. The van der Waals surface area contributed by atoms with Gasteiger partial charge in [-0.1, -0.05) is 6.92 Å². The molecule has 1 atom stereocenters. The number of hydrogen-bond acceptors (Lipinski definition) is 3. The quantitative estimate of drug-likeness (QED) is 0.799. The van der Waals surface area contributed by atoms with Crippen LogP contribution in [-0.2, 0) is 6.42 Å². The molecule has 1 aliphatic rings. The van der Waals surface area contributed by atoms with E-state index in [4.69, 9.17) is 10.5 Å². The number of nitrogens with two attached hydrogens (primary N) is 1. The molecule has 2 rings (SSSR count). The fourth-order valence-electron chi connectivity index (χ4n) is 1.53. The van der Waals surface area contributed by atoms with Crippen molar-refractivity contribution in [2.75, 3.05) is 6.61 Å². The molecule has 0 radical (unpaired) electrons. The summed E-state index contributed by atoms with van der Waals surface area (Å²) in [6.07, 6.45) is 6.27. The molecule has 1 aromatic rings. The van der Waals surface area contributed by atoms with Crippen molar-refractivity contribution >= 4 is 0 Å². The average molecular weight is 220 g/mol. The first-order valence-corrected chi connectivity index (χ1v) is 6.11. The van der Waals surface area contributed by atoms with Crippen molar-refractivity contribution < 1.29 is 4.74 Å². The monoisotopic (exact) mass is 220 g/mol. The van der Waals surface area contributed by atoms with Gasteiger partial charge >= 0.3 is 0 Å². The fraction of sp³-hybridized carbons (Fsp3) is 0.615. The Bertz CT molecular complexity index is 319. The lowest BCUT2D eigenvalue weighted by Gasteiger charge is -2.09. The van der Waals surface area contributed by atoms with Crippen molar-refractivity contribution in [3.05, 3.63) is 24.0 Å². The highest BCUT2D eigenvalue weighted by molar-refractivity contribution is 5.20. The number of hydrogen-bond donors (Lipinski definition) is 1. The minimum absolute atomic E-state index is 0.214. The first kappa shape index (κ1) is 11.4. The molecule has 0 spiro atoms. The number of ether oxygens (including phenoxy) is 1. The summed E-state index contributed by atoms with van der Waals surface area (Å²) in [5.41, 5.74) is 6.93. The number of rotatable bonds is 6. The molecule has 1 unspecified atom stereocenters. The molecule has 88 valence electrons. The van der Waals surface area contributed by atoms with E-state index in [-0.39, 0.29) is 6.04 Å². The Balaban J connectivity index is 1.82. The third-order valence-electron chi connectivity index (χ3n) is 2.98.